The Bertz CT molecular complexity index is 796. The third-order valence-electron chi connectivity index (χ3n) is 5.05. The largest absolute Gasteiger partial charge is 0.378 e. The number of para-hydroxylation sites is 2. The molecule has 0 aromatic heterocycles. The van der Waals surface area contributed by atoms with Crippen molar-refractivity contribution in [1.82, 2.24) is 10.2 Å². The zero-order valence-electron chi connectivity index (χ0n) is 16.5. The number of hydrogen-bond donors (Lipinski definition) is 2. The molecule has 2 N–H and O–H groups in total. The second-order valence-electron chi connectivity index (χ2n) is 7.02. The predicted molar refractivity (Wildman–Crippen MR) is 110 cm³/mol. The summed E-state index contributed by atoms with van der Waals surface area (Å²) in [4.78, 5) is 27.9. The van der Waals surface area contributed by atoms with E-state index in [1.165, 1.54) is 6.20 Å². The zero-order valence-corrected chi connectivity index (χ0v) is 16.5. The molecular weight excluding hydrogens is 370 g/mol. The Morgan fingerprint density at radius 3 is 2.76 bits per heavy atom. The first kappa shape index (κ1) is 20.7. The van der Waals surface area contributed by atoms with Crippen LogP contribution in [0, 0.1) is 11.3 Å². The van der Waals surface area contributed by atoms with E-state index >= 15 is 0 Å². The lowest BCUT2D eigenvalue weighted by molar-refractivity contribution is -0.127. The highest BCUT2D eigenvalue weighted by molar-refractivity contribution is 5.97. The number of amides is 2. The van der Waals surface area contributed by atoms with Gasteiger partial charge in [0, 0.05) is 45.3 Å². The van der Waals surface area contributed by atoms with Crippen LogP contribution in [0.3, 0.4) is 0 Å². The van der Waals surface area contributed by atoms with Crippen molar-refractivity contribution in [3.05, 3.63) is 36.0 Å². The summed E-state index contributed by atoms with van der Waals surface area (Å²) in [6.07, 6.45) is 3.64. The van der Waals surface area contributed by atoms with E-state index in [-0.39, 0.29) is 11.5 Å². The molecule has 3 rings (SSSR count). The molecule has 1 aromatic carbocycles. The first-order valence-electron chi connectivity index (χ1n) is 10.0. The number of rotatable bonds is 8. The average Bonchev–Trinajstić information content (AvgIpc) is 3.17. The standard InChI is InChI=1S/C21H27N5O3/c22-15-17(21(28)23-8-4-10-26-9-3-7-20(26)27)16-24-18-5-1-2-6-19(18)25-11-13-29-14-12-25/h1-2,5-6,16,24H,3-4,7-14H2,(H,23,28)/b17-16-. The van der Waals surface area contributed by atoms with E-state index < -0.39 is 5.91 Å². The maximum absolute atomic E-state index is 12.3. The Kier molecular flexibility index (Phi) is 7.47. The highest BCUT2D eigenvalue weighted by Crippen LogP contribution is 2.26. The van der Waals surface area contributed by atoms with E-state index in [0.29, 0.717) is 39.1 Å². The molecule has 0 bridgehead atoms. The SMILES string of the molecule is N#C/C(=C/Nc1ccccc1N1CCOCC1)C(=O)NCCCN1CCCC1=O. The van der Waals surface area contributed by atoms with Crippen molar-refractivity contribution in [3.8, 4) is 6.07 Å². The molecule has 2 heterocycles. The average molecular weight is 397 g/mol. The fraction of sp³-hybridized carbons (Fsp3) is 0.476. The van der Waals surface area contributed by atoms with Gasteiger partial charge in [0.2, 0.25) is 5.91 Å². The number of benzene rings is 1. The molecule has 0 spiro atoms. The van der Waals surface area contributed by atoms with Crippen LogP contribution in [0.2, 0.25) is 0 Å². The second kappa shape index (κ2) is 10.5. The number of likely N-dealkylation sites (tertiary alicyclic amines) is 1. The molecule has 2 amide bonds. The fourth-order valence-corrected chi connectivity index (χ4v) is 3.48. The van der Waals surface area contributed by atoms with E-state index in [0.717, 1.165) is 37.4 Å². The van der Waals surface area contributed by atoms with Gasteiger partial charge < -0.3 is 25.2 Å². The van der Waals surface area contributed by atoms with Gasteiger partial charge in [-0.2, -0.15) is 5.26 Å². The Morgan fingerprint density at radius 2 is 2.03 bits per heavy atom. The van der Waals surface area contributed by atoms with Crippen LogP contribution in [0.1, 0.15) is 19.3 Å². The molecule has 0 atom stereocenters. The molecule has 0 unspecified atom stereocenters. The maximum atomic E-state index is 12.3. The molecule has 154 valence electrons. The van der Waals surface area contributed by atoms with Crippen molar-refractivity contribution in [2.75, 3.05) is 56.2 Å². The molecule has 2 aliphatic heterocycles. The first-order valence-corrected chi connectivity index (χ1v) is 10.0. The summed E-state index contributed by atoms with van der Waals surface area (Å²) in [7, 11) is 0. The van der Waals surface area contributed by atoms with Crippen LogP contribution in [0.15, 0.2) is 36.0 Å². The molecule has 2 saturated heterocycles. The van der Waals surface area contributed by atoms with Gasteiger partial charge in [-0.3, -0.25) is 9.59 Å². The minimum Gasteiger partial charge on any atom is -0.378 e. The highest BCUT2D eigenvalue weighted by atomic mass is 16.5. The van der Waals surface area contributed by atoms with Crippen molar-refractivity contribution in [2.45, 2.75) is 19.3 Å². The topological polar surface area (TPSA) is 97.7 Å². The molecule has 2 fully saturated rings. The molecule has 0 radical (unpaired) electrons. The number of nitrogens with zero attached hydrogens (tertiary/aromatic N) is 3. The van der Waals surface area contributed by atoms with Crippen molar-refractivity contribution in [1.29, 1.82) is 5.26 Å². The molecular formula is C21H27N5O3. The smallest absolute Gasteiger partial charge is 0.263 e. The van der Waals surface area contributed by atoms with Gasteiger partial charge >= 0.3 is 0 Å². The minimum absolute atomic E-state index is 0.0130. The first-order chi connectivity index (χ1) is 14.2. The third-order valence-corrected chi connectivity index (χ3v) is 5.05. The van der Waals surface area contributed by atoms with Crippen LogP contribution in [0.25, 0.3) is 0 Å². The highest BCUT2D eigenvalue weighted by Gasteiger charge is 2.19. The molecule has 2 aliphatic rings. The van der Waals surface area contributed by atoms with Gasteiger partial charge in [-0.1, -0.05) is 12.1 Å². The van der Waals surface area contributed by atoms with Crippen molar-refractivity contribution < 1.29 is 14.3 Å². The summed E-state index contributed by atoms with van der Waals surface area (Å²) in [5.41, 5.74) is 1.86. The maximum Gasteiger partial charge on any atom is 0.263 e. The van der Waals surface area contributed by atoms with Gasteiger partial charge in [0.15, 0.2) is 0 Å². The van der Waals surface area contributed by atoms with Gasteiger partial charge in [0.05, 0.1) is 24.6 Å². The third kappa shape index (κ3) is 5.72. The van der Waals surface area contributed by atoms with Gasteiger partial charge in [0.25, 0.3) is 5.91 Å². The number of nitriles is 1. The van der Waals surface area contributed by atoms with Crippen LogP contribution >= 0.6 is 0 Å². The quantitative estimate of drug-likeness (QED) is 0.392. The number of ether oxygens (including phenoxy) is 1. The second-order valence-corrected chi connectivity index (χ2v) is 7.02. The Hall–Kier alpha value is -3.05. The minimum atomic E-state index is -0.420. The van der Waals surface area contributed by atoms with Crippen LogP contribution in [-0.4, -0.2) is 62.7 Å². The molecule has 29 heavy (non-hydrogen) atoms. The monoisotopic (exact) mass is 397 g/mol. The van der Waals surface area contributed by atoms with Gasteiger partial charge in [0.1, 0.15) is 11.6 Å². The summed E-state index contributed by atoms with van der Waals surface area (Å²) < 4.78 is 5.40. The summed E-state index contributed by atoms with van der Waals surface area (Å²) in [6, 6.07) is 9.74. The van der Waals surface area contributed by atoms with E-state index in [2.05, 4.69) is 15.5 Å². The van der Waals surface area contributed by atoms with E-state index in [4.69, 9.17) is 4.74 Å². The molecule has 8 heteroatoms. The number of anilines is 2. The van der Waals surface area contributed by atoms with Crippen molar-refractivity contribution in [3.63, 3.8) is 0 Å². The Morgan fingerprint density at radius 1 is 1.24 bits per heavy atom. The summed E-state index contributed by atoms with van der Waals surface area (Å²) in [5.74, 6) is -0.242. The fourth-order valence-electron chi connectivity index (χ4n) is 3.48. The van der Waals surface area contributed by atoms with Crippen molar-refractivity contribution >= 4 is 23.2 Å². The summed E-state index contributed by atoms with van der Waals surface area (Å²) in [5, 5.41) is 15.2. The van der Waals surface area contributed by atoms with Gasteiger partial charge in [-0.25, -0.2) is 0 Å². The molecule has 8 nitrogen and oxygen atoms in total. The van der Waals surface area contributed by atoms with E-state index in [1.807, 2.05) is 35.2 Å². The van der Waals surface area contributed by atoms with Crippen LogP contribution in [-0.2, 0) is 14.3 Å². The van der Waals surface area contributed by atoms with Crippen LogP contribution in [0.4, 0.5) is 11.4 Å². The lowest BCUT2D eigenvalue weighted by Gasteiger charge is -2.30. The zero-order chi connectivity index (χ0) is 20.5. The molecule has 1 aromatic rings. The summed E-state index contributed by atoms with van der Waals surface area (Å²) in [6.45, 7) is 4.81. The lowest BCUT2D eigenvalue weighted by atomic mass is 10.2. The van der Waals surface area contributed by atoms with E-state index in [9.17, 15) is 14.9 Å². The molecule has 0 aliphatic carbocycles. The van der Waals surface area contributed by atoms with Crippen LogP contribution < -0.4 is 15.5 Å². The number of carbonyl (C=O) groups is 2. The lowest BCUT2D eigenvalue weighted by Crippen LogP contribution is -2.36. The number of carbonyl (C=O) groups excluding carboxylic acids is 2. The number of nitrogens with one attached hydrogen (secondary N) is 2. The Balaban J connectivity index is 1.52. The van der Waals surface area contributed by atoms with E-state index in [1.54, 1.807) is 0 Å². The van der Waals surface area contributed by atoms with Gasteiger partial charge in [-0.15, -0.1) is 0 Å². The van der Waals surface area contributed by atoms with Crippen LogP contribution in [0.5, 0.6) is 0 Å². The predicted octanol–water partition coefficient (Wildman–Crippen LogP) is 1.47. The number of hydrogen-bond acceptors (Lipinski definition) is 6. The normalized spacial score (nSPS) is 17.2. The van der Waals surface area contributed by atoms with Crippen molar-refractivity contribution in [2.24, 2.45) is 0 Å². The Labute approximate surface area is 171 Å². The summed E-state index contributed by atoms with van der Waals surface area (Å²) >= 11 is 0. The number of morpholine rings is 1. The molecule has 0 saturated carbocycles. The van der Waals surface area contributed by atoms with Gasteiger partial charge in [-0.05, 0) is 25.0 Å².